The molecule has 0 radical (unpaired) electrons. The molecule has 3 N–H and O–H groups in total. The van der Waals surface area contributed by atoms with Crippen molar-refractivity contribution in [1.82, 2.24) is 19.8 Å². The van der Waals surface area contributed by atoms with Gasteiger partial charge in [-0.15, -0.1) is 0 Å². The van der Waals surface area contributed by atoms with E-state index in [-0.39, 0.29) is 18.4 Å². The Bertz CT molecular complexity index is 873. The molecule has 0 bridgehead atoms. The summed E-state index contributed by atoms with van der Waals surface area (Å²) in [7, 11) is 1.53. The molecule has 1 fully saturated rings. The van der Waals surface area contributed by atoms with Crippen LogP contribution in [0.5, 0.6) is 0 Å². The maximum atomic E-state index is 13.0. The van der Waals surface area contributed by atoms with Gasteiger partial charge >= 0.3 is 0 Å². The molecule has 1 saturated heterocycles. The third-order valence-electron chi connectivity index (χ3n) is 6.16. The monoisotopic (exact) mass is 397 g/mol. The third kappa shape index (κ3) is 3.42. The molecule has 3 heterocycles. The normalized spacial score (nSPS) is 19.1. The lowest BCUT2D eigenvalue weighted by Gasteiger charge is -2.50. The molecule has 2 aliphatic heterocycles. The molecule has 2 amide bonds. The first-order chi connectivity index (χ1) is 14.1. The molecule has 4 rings (SSSR count). The molecule has 1 aromatic heterocycles. The minimum absolute atomic E-state index is 0.0399. The summed E-state index contributed by atoms with van der Waals surface area (Å²) in [6, 6.07) is 8.74. The van der Waals surface area contributed by atoms with Crippen molar-refractivity contribution in [2.24, 2.45) is 5.73 Å². The molecule has 0 unspecified atom stereocenters. The predicted octanol–water partition coefficient (Wildman–Crippen LogP) is 0.959. The Morgan fingerprint density at radius 3 is 2.66 bits per heavy atom. The average Bonchev–Trinajstić information content (AvgIpc) is 3.24. The highest BCUT2D eigenvalue weighted by Gasteiger charge is 2.49. The van der Waals surface area contributed by atoms with Crippen LogP contribution in [0.15, 0.2) is 36.7 Å². The predicted molar refractivity (Wildman–Crippen MR) is 107 cm³/mol. The van der Waals surface area contributed by atoms with Gasteiger partial charge in [0, 0.05) is 38.9 Å². The average molecular weight is 397 g/mol. The number of hydrogen-bond donors (Lipinski definition) is 2. The minimum atomic E-state index is -0.677. The molecule has 1 spiro atoms. The number of amides is 2. The molecule has 0 aliphatic carbocycles. The highest BCUT2D eigenvalue weighted by atomic mass is 16.5. The van der Waals surface area contributed by atoms with E-state index in [2.05, 4.69) is 9.97 Å². The Balaban J connectivity index is 1.54. The first-order valence-corrected chi connectivity index (χ1v) is 9.98. The van der Waals surface area contributed by atoms with E-state index in [0.717, 1.165) is 23.4 Å². The number of nitrogens with one attached hydrogen (secondary N) is 1. The molecule has 29 heavy (non-hydrogen) atoms. The number of carbonyl (C=O) groups is 2. The summed E-state index contributed by atoms with van der Waals surface area (Å²) < 4.78 is 5.10. The number of fused-ring (bicyclic) bond motifs is 2. The zero-order chi connectivity index (χ0) is 20.4. The molecule has 1 atom stereocenters. The molecule has 2 aromatic rings. The quantitative estimate of drug-likeness (QED) is 0.800. The second-order valence-corrected chi connectivity index (χ2v) is 7.70. The minimum Gasteiger partial charge on any atom is -0.375 e. The van der Waals surface area contributed by atoms with Gasteiger partial charge in [-0.1, -0.05) is 30.3 Å². The Labute approximate surface area is 170 Å². The molecule has 154 valence electrons. The fraction of sp³-hybridized carbons (Fsp3) is 0.476. The van der Waals surface area contributed by atoms with Crippen LogP contribution in [0, 0.1) is 0 Å². The number of rotatable bonds is 4. The molecule has 8 nitrogen and oxygen atoms in total. The summed E-state index contributed by atoms with van der Waals surface area (Å²) in [6.07, 6.45) is 3.70. The van der Waals surface area contributed by atoms with Crippen LogP contribution in [0.3, 0.4) is 0 Å². The van der Waals surface area contributed by atoms with E-state index in [1.807, 2.05) is 40.1 Å². The van der Waals surface area contributed by atoms with E-state index in [1.165, 1.54) is 7.11 Å². The van der Waals surface area contributed by atoms with Crippen molar-refractivity contribution in [3.05, 3.63) is 53.6 Å². The summed E-state index contributed by atoms with van der Waals surface area (Å²) in [6.45, 7) is 1.72. The van der Waals surface area contributed by atoms with Gasteiger partial charge in [-0.05, 0) is 18.4 Å². The van der Waals surface area contributed by atoms with Crippen LogP contribution in [0.25, 0.3) is 0 Å². The number of ether oxygens (including phenoxy) is 1. The van der Waals surface area contributed by atoms with E-state index in [4.69, 9.17) is 10.5 Å². The van der Waals surface area contributed by atoms with Gasteiger partial charge in [0.25, 0.3) is 0 Å². The van der Waals surface area contributed by atoms with E-state index >= 15 is 0 Å². The van der Waals surface area contributed by atoms with Gasteiger partial charge in [-0.2, -0.15) is 0 Å². The largest absolute Gasteiger partial charge is 0.375 e. The van der Waals surface area contributed by atoms with Crippen molar-refractivity contribution in [1.29, 1.82) is 0 Å². The summed E-state index contributed by atoms with van der Waals surface area (Å²) in [4.78, 5) is 37.2. The number of likely N-dealkylation sites (tertiary alicyclic amines) is 1. The van der Waals surface area contributed by atoms with Gasteiger partial charge in [0.15, 0.2) is 0 Å². The summed E-state index contributed by atoms with van der Waals surface area (Å²) >= 11 is 0. The summed E-state index contributed by atoms with van der Waals surface area (Å²) in [5, 5.41) is 0. The van der Waals surface area contributed by atoms with Crippen LogP contribution in [0.4, 0.5) is 0 Å². The lowest BCUT2D eigenvalue weighted by Crippen LogP contribution is -2.60. The molecule has 2 aliphatic rings. The number of hydrogen-bond acceptors (Lipinski definition) is 5. The standard InChI is InChI=1S/C21H27N5O3/c1-29-13-17(27)26-10-7-16-19(24-14-23-16)21(26)8-11-25(12-9-21)20(28)18(22)15-5-3-2-4-6-15/h2-6,14,18H,7-13,22H2,1H3,(H,23,24)/t18-/m1/s1. The zero-order valence-corrected chi connectivity index (χ0v) is 16.6. The Kier molecular flexibility index (Phi) is 5.38. The number of aromatic nitrogens is 2. The maximum absolute atomic E-state index is 13.0. The molecule has 0 saturated carbocycles. The van der Waals surface area contributed by atoms with Gasteiger partial charge < -0.3 is 25.3 Å². The van der Waals surface area contributed by atoms with Crippen LogP contribution in [-0.2, 0) is 26.3 Å². The summed E-state index contributed by atoms with van der Waals surface area (Å²) in [5.41, 5.74) is 8.53. The van der Waals surface area contributed by atoms with Crippen molar-refractivity contribution in [2.45, 2.75) is 30.8 Å². The van der Waals surface area contributed by atoms with Gasteiger partial charge in [-0.3, -0.25) is 9.59 Å². The zero-order valence-electron chi connectivity index (χ0n) is 16.6. The number of piperidine rings is 1. The topological polar surface area (TPSA) is 105 Å². The fourth-order valence-corrected chi connectivity index (χ4v) is 4.65. The van der Waals surface area contributed by atoms with Crippen molar-refractivity contribution in [3.8, 4) is 0 Å². The number of methoxy groups -OCH3 is 1. The van der Waals surface area contributed by atoms with Gasteiger partial charge in [0.1, 0.15) is 12.6 Å². The second-order valence-electron chi connectivity index (χ2n) is 7.70. The van der Waals surface area contributed by atoms with Crippen molar-refractivity contribution >= 4 is 11.8 Å². The van der Waals surface area contributed by atoms with E-state index < -0.39 is 11.6 Å². The Hall–Kier alpha value is -2.71. The molecule has 8 heteroatoms. The van der Waals surface area contributed by atoms with Gasteiger partial charge in [0.05, 0.1) is 17.6 Å². The number of nitrogens with zero attached hydrogens (tertiary/aromatic N) is 3. The van der Waals surface area contributed by atoms with Crippen LogP contribution < -0.4 is 5.73 Å². The number of aromatic amines is 1. The number of benzene rings is 1. The fourth-order valence-electron chi connectivity index (χ4n) is 4.65. The van der Waals surface area contributed by atoms with Crippen molar-refractivity contribution < 1.29 is 14.3 Å². The third-order valence-corrected chi connectivity index (χ3v) is 6.16. The smallest absolute Gasteiger partial charge is 0.249 e. The van der Waals surface area contributed by atoms with E-state index in [9.17, 15) is 9.59 Å². The van der Waals surface area contributed by atoms with Crippen LogP contribution >= 0.6 is 0 Å². The first kappa shape index (κ1) is 19.6. The highest BCUT2D eigenvalue weighted by Crippen LogP contribution is 2.42. The molecule has 1 aromatic carbocycles. The molecular formula is C21H27N5O3. The van der Waals surface area contributed by atoms with E-state index in [0.29, 0.717) is 32.5 Å². The lowest BCUT2D eigenvalue weighted by molar-refractivity contribution is -0.148. The number of carbonyl (C=O) groups excluding carboxylic acids is 2. The van der Waals surface area contributed by atoms with Crippen LogP contribution in [0.1, 0.15) is 35.8 Å². The number of nitrogens with two attached hydrogens (primary N) is 1. The van der Waals surface area contributed by atoms with Crippen LogP contribution in [0.2, 0.25) is 0 Å². The number of imidazole rings is 1. The van der Waals surface area contributed by atoms with Gasteiger partial charge in [-0.25, -0.2) is 4.98 Å². The highest BCUT2D eigenvalue weighted by molar-refractivity contribution is 5.83. The Morgan fingerprint density at radius 1 is 1.24 bits per heavy atom. The lowest BCUT2D eigenvalue weighted by atomic mass is 9.78. The Morgan fingerprint density at radius 2 is 1.97 bits per heavy atom. The molecular weight excluding hydrogens is 370 g/mol. The van der Waals surface area contributed by atoms with Crippen LogP contribution in [-0.4, -0.2) is 64.9 Å². The first-order valence-electron chi connectivity index (χ1n) is 9.98. The summed E-state index contributed by atoms with van der Waals surface area (Å²) in [5.74, 6) is -0.124. The van der Waals surface area contributed by atoms with Gasteiger partial charge in [0.2, 0.25) is 11.8 Å². The second kappa shape index (κ2) is 7.96. The van der Waals surface area contributed by atoms with Crippen molar-refractivity contribution in [3.63, 3.8) is 0 Å². The van der Waals surface area contributed by atoms with E-state index in [1.54, 1.807) is 6.33 Å². The number of H-pyrrole nitrogens is 1. The van der Waals surface area contributed by atoms with Crippen molar-refractivity contribution in [2.75, 3.05) is 33.4 Å². The maximum Gasteiger partial charge on any atom is 0.249 e. The SMILES string of the molecule is COCC(=O)N1CCc2[nH]cnc2C12CCN(C(=O)[C@H](N)c1ccccc1)CC2.